The lowest BCUT2D eigenvalue weighted by Crippen LogP contribution is -2.14. The van der Waals surface area contributed by atoms with Crippen LogP contribution in [0.4, 0.5) is 9.52 Å². The van der Waals surface area contributed by atoms with Crippen molar-refractivity contribution in [3.63, 3.8) is 0 Å². The fourth-order valence-electron chi connectivity index (χ4n) is 2.83. The van der Waals surface area contributed by atoms with Crippen molar-refractivity contribution in [3.05, 3.63) is 78.4 Å². The average Bonchev–Trinajstić information content (AvgIpc) is 3.09. The SMILES string of the molecule is OC[C@@H](Nc1nc2ccc(-c3ccncc3F)cc2s1)c1ccccc1. The Kier molecular flexibility index (Phi) is 4.60. The highest BCUT2D eigenvalue weighted by molar-refractivity contribution is 7.22. The molecule has 0 unspecified atom stereocenters. The van der Waals surface area contributed by atoms with Crippen LogP contribution in [0.15, 0.2) is 67.0 Å². The van der Waals surface area contributed by atoms with Gasteiger partial charge in [-0.1, -0.05) is 47.7 Å². The highest BCUT2D eigenvalue weighted by atomic mass is 32.1. The Morgan fingerprint density at radius 2 is 1.96 bits per heavy atom. The first-order valence-electron chi connectivity index (χ1n) is 8.17. The Hall–Kier alpha value is -2.83. The average molecular weight is 365 g/mol. The van der Waals surface area contributed by atoms with Crippen LogP contribution in [0.25, 0.3) is 21.3 Å². The smallest absolute Gasteiger partial charge is 0.184 e. The van der Waals surface area contributed by atoms with Crippen LogP contribution in [0.5, 0.6) is 0 Å². The molecular weight excluding hydrogens is 349 g/mol. The van der Waals surface area contributed by atoms with E-state index >= 15 is 0 Å². The van der Waals surface area contributed by atoms with Crippen LogP contribution >= 0.6 is 11.3 Å². The van der Waals surface area contributed by atoms with E-state index in [9.17, 15) is 9.50 Å². The van der Waals surface area contributed by atoms with Gasteiger partial charge in [0.25, 0.3) is 0 Å². The summed E-state index contributed by atoms with van der Waals surface area (Å²) in [6.07, 6.45) is 2.79. The molecule has 4 rings (SSSR count). The summed E-state index contributed by atoms with van der Waals surface area (Å²) in [5.74, 6) is -0.348. The molecule has 4 nitrogen and oxygen atoms in total. The van der Waals surface area contributed by atoms with E-state index < -0.39 is 0 Å². The van der Waals surface area contributed by atoms with Crippen molar-refractivity contribution >= 4 is 26.7 Å². The van der Waals surface area contributed by atoms with Gasteiger partial charge in [0, 0.05) is 11.8 Å². The molecule has 0 saturated heterocycles. The van der Waals surface area contributed by atoms with Gasteiger partial charge in [-0.2, -0.15) is 0 Å². The molecule has 2 N–H and O–H groups in total. The van der Waals surface area contributed by atoms with Crippen LogP contribution in [-0.2, 0) is 0 Å². The molecule has 4 aromatic rings. The van der Waals surface area contributed by atoms with Gasteiger partial charge in [0.1, 0.15) is 5.82 Å². The van der Waals surface area contributed by atoms with Crippen LogP contribution in [-0.4, -0.2) is 21.7 Å². The zero-order valence-corrected chi connectivity index (χ0v) is 14.6. The molecule has 0 spiro atoms. The summed E-state index contributed by atoms with van der Waals surface area (Å²) in [5.41, 5.74) is 3.13. The van der Waals surface area contributed by atoms with Crippen LogP contribution in [0.3, 0.4) is 0 Å². The number of benzene rings is 2. The number of fused-ring (bicyclic) bond motifs is 1. The first-order valence-corrected chi connectivity index (χ1v) is 8.99. The highest BCUT2D eigenvalue weighted by Gasteiger charge is 2.13. The third-order valence-electron chi connectivity index (χ3n) is 4.15. The van der Waals surface area contributed by atoms with Crippen molar-refractivity contribution in [2.45, 2.75) is 6.04 Å². The molecule has 2 aromatic heterocycles. The van der Waals surface area contributed by atoms with Gasteiger partial charge in [-0.3, -0.25) is 4.98 Å². The molecule has 0 radical (unpaired) electrons. The van der Waals surface area contributed by atoms with Gasteiger partial charge in [0.05, 0.1) is 29.1 Å². The minimum atomic E-state index is -0.348. The van der Waals surface area contributed by atoms with Crippen LogP contribution in [0.1, 0.15) is 11.6 Å². The number of aromatic nitrogens is 2. The van der Waals surface area contributed by atoms with Gasteiger partial charge < -0.3 is 10.4 Å². The van der Waals surface area contributed by atoms with E-state index in [1.165, 1.54) is 17.5 Å². The number of aliphatic hydroxyl groups excluding tert-OH is 1. The third-order valence-corrected chi connectivity index (χ3v) is 5.10. The summed E-state index contributed by atoms with van der Waals surface area (Å²) < 4.78 is 14.9. The molecule has 2 aromatic carbocycles. The van der Waals surface area contributed by atoms with Gasteiger partial charge in [0.2, 0.25) is 0 Å². The molecule has 0 saturated carbocycles. The van der Waals surface area contributed by atoms with Gasteiger partial charge in [-0.25, -0.2) is 9.37 Å². The standard InChI is InChI=1S/C20H16FN3OS/c21-16-11-22-9-8-15(16)14-6-7-17-19(10-14)26-20(23-17)24-18(12-25)13-4-2-1-3-5-13/h1-11,18,25H,12H2,(H,23,24)/t18-/m1/s1. The van der Waals surface area contributed by atoms with E-state index in [-0.39, 0.29) is 18.5 Å². The first kappa shape index (κ1) is 16.6. The maximum absolute atomic E-state index is 14.0. The zero-order chi connectivity index (χ0) is 17.9. The van der Waals surface area contributed by atoms with Crippen LogP contribution < -0.4 is 5.32 Å². The molecule has 0 amide bonds. The lowest BCUT2D eigenvalue weighted by atomic mass is 10.1. The van der Waals surface area contributed by atoms with E-state index in [0.717, 1.165) is 26.5 Å². The number of hydrogen-bond donors (Lipinski definition) is 2. The number of pyridine rings is 1. The van der Waals surface area contributed by atoms with Gasteiger partial charge >= 0.3 is 0 Å². The second-order valence-corrected chi connectivity index (χ2v) is 6.88. The van der Waals surface area contributed by atoms with Gasteiger partial charge in [-0.05, 0) is 29.3 Å². The molecule has 0 aliphatic carbocycles. The van der Waals surface area contributed by atoms with E-state index in [0.29, 0.717) is 5.56 Å². The van der Waals surface area contributed by atoms with Crippen molar-refractivity contribution in [1.29, 1.82) is 0 Å². The van der Waals surface area contributed by atoms with Crippen LogP contribution in [0.2, 0.25) is 0 Å². The summed E-state index contributed by atoms with van der Waals surface area (Å²) >= 11 is 1.48. The Morgan fingerprint density at radius 1 is 1.12 bits per heavy atom. The number of nitrogens with one attached hydrogen (secondary N) is 1. The molecule has 6 heteroatoms. The summed E-state index contributed by atoms with van der Waals surface area (Å²) in [5, 5.41) is 13.7. The fraction of sp³-hybridized carbons (Fsp3) is 0.100. The minimum Gasteiger partial charge on any atom is -0.394 e. The molecule has 26 heavy (non-hydrogen) atoms. The maximum Gasteiger partial charge on any atom is 0.184 e. The predicted octanol–water partition coefficient (Wildman–Crippen LogP) is 4.64. The van der Waals surface area contributed by atoms with Crippen molar-refractivity contribution in [1.82, 2.24) is 9.97 Å². The molecule has 0 aliphatic heterocycles. The lowest BCUT2D eigenvalue weighted by molar-refractivity contribution is 0.276. The molecule has 130 valence electrons. The Morgan fingerprint density at radius 3 is 2.73 bits per heavy atom. The van der Waals surface area contributed by atoms with E-state index in [1.54, 1.807) is 12.3 Å². The quantitative estimate of drug-likeness (QED) is 0.541. The summed E-state index contributed by atoms with van der Waals surface area (Å²) in [6, 6.07) is 16.8. The Labute approximate surface area is 154 Å². The second kappa shape index (κ2) is 7.19. The number of nitrogens with zero attached hydrogens (tertiary/aromatic N) is 2. The van der Waals surface area contributed by atoms with E-state index in [2.05, 4.69) is 15.3 Å². The number of aliphatic hydroxyl groups is 1. The molecule has 2 heterocycles. The number of halogens is 1. The first-order chi connectivity index (χ1) is 12.7. The van der Waals surface area contributed by atoms with E-state index in [4.69, 9.17) is 0 Å². The van der Waals surface area contributed by atoms with Gasteiger partial charge in [-0.15, -0.1) is 0 Å². The monoisotopic (exact) mass is 365 g/mol. The zero-order valence-electron chi connectivity index (χ0n) is 13.8. The number of rotatable bonds is 5. The van der Waals surface area contributed by atoms with Crippen molar-refractivity contribution < 1.29 is 9.50 Å². The molecular formula is C20H16FN3OS. The number of thiazole rings is 1. The van der Waals surface area contributed by atoms with E-state index in [1.807, 2.05) is 48.5 Å². The van der Waals surface area contributed by atoms with Gasteiger partial charge in [0.15, 0.2) is 5.13 Å². The summed E-state index contributed by atoms with van der Waals surface area (Å²) in [7, 11) is 0. The Balaban J connectivity index is 1.65. The maximum atomic E-state index is 14.0. The largest absolute Gasteiger partial charge is 0.394 e. The minimum absolute atomic E-state index is 0.0343. The second-order valence-electron chi connectivity index (χ2n) is 5.85. The summed E-state index contributed by atoms with van der Waals surface area (Å²) in [6.45, 7) is -0.0343. The summed E-state index contributed by atoms with van der Waals surface area (Å²) in [4.78, 5) is 8.36. The third kappa shape index (κ3) is 3.29. The van der Waals surface area contributed by atoms with Crippen molar-refractivity contribution in [2.75, 3.05) is 11.9 Å². The number of hydrogen-bond acceptors (Lipinski definition) is 5. The predicted molar refractivity (Wildman–Crippen MR) is 103 cm³/mol. The van der Waals surface area contributed by atoms with Crippen molar-refractivity contribution in [3.8, 4) is 11.1 Å². The molecule has 0 aliphatic rings. The molecule has 1 atom stereocenters. The van der Waals surface area contributed by atoms with Crippen LogP contribution in [0, 0.1) is 5.82 Å². The molecule has 0 bridgehead atoms. The topological polar surface area (TPSA) is 58.0 Å². The normalized spacial score (nSPS) is 12.2. The molecule has 0 fully saturated rings. The Bertz CT molecular complexity index is 1040. The highest BCUT2D eigenvalue weighted by Crippen LogP contribution is 2.32. The van der Waals surface area contributed by atoms with Crippen molar-refractivity contribution in [2.24, 2.45) is 0 Å². The number of anilines is 1. The fourth-order valence-corrected chi connectivity index (χ4v) is 3.79. The lowest BCUT2D eigenvalue weighted by Gasteiger charge is -2.15.